The number of amides is 1. The summed E-state index contributed by atoms with van der Waals surface area (Å²) in [6.45, 7) is 6.37. The van der Waals surface area contributed by atoms with Crippen LogP contribution in [0.15, 0.2) is 12.1 Å². The average Bonchev–Trinajstić information content (AvgIpc) is 3.32. The van der Waals surface area contributed by atoms with E-state index in [0.29, 0.717) is 35.9 Å². The topological polar surface area (TPSA) is 109 Å². The monoisotopic (exact) mass is 397 g/mol. The van der Waals surface area contributed by atoms with Gasteiger partial charge in [-0.25, -0.2) is 4.98 Å². The summed E-state index contributed by atoms with van der Waals surface area (Å²) in [5, 5.41) is 25.4. The van der Waals surface area contributed by atoms with Crippen molar-refractivity contribution in [3.63, 3.8) is 0 Å². The molecule has 1 aliphatic carbocycles. The molecular weight excluding hydrogens is 370 g/mol. The van der Waals surface area contributed by atoms with Crippen molar-refractivity contribution in [2.24, 2.45) is 5.92 Å². The molecule has 0 bridgehead atoms. The van der Waals surface area contributed by atoms with Crippen molar-refractivity contribution >= 4 is 11.9 Å². The van der Waals surface area contributed by atoms with Crippen LogP contribution in [0.2, 0.25) is 0 Å². The highest BCUT2D eigenvalue weighted by Crippen LogP contribution is 2.40. The van der Waals surface area contributed by atoms with Gasteiger partial charge in [0, 0.05) is 35.5 Å². The summed E-state index contributed by atoms with van der Waals surface area (Å²) < 4.78 is 5.49. The third-order valence-electron chi connectivity index (χ3n) is 5.53. The van der Waals surface area contributed by atoms with Gasteiger partial charge in [0.1, 0.15) is 17.2 Å². The van der Waals surface area contributed by atoms with E-state index in [9.17, 15) is 9.90 Å². The van der Waals surface area contributed by atoms with Gasteiger partial charge in [0.25, 0.3) is 0 Å². The highest BCUT2D eigenvalue weighted by molar-refractivity contribution is 5.79. The summed E-state index contributed by atoms with van der Waals surface area (Å²) in [5.41, 5.74) is 2.67. The Hall–Kier alpha value is -2.90. The molecule has 1 aromatic heterocycles. The number of carbonyl (C=O) groups is 1. The van der Waals surface area contributed by atoms with Crippen LogP contribution in [0.4, 0.5) is 5.95 Å². The van der Waals surface area contributed by atoms with E-state index in [1.54, 1.807) is 6.07 Å². The smallest absolute Gasteiger partial charge is 0.243 e. The zero-order chi connectivity index (χ0) is 20.5. The molecule has 1 aliphatic heterocycles. The highest BCUT2D eigenvalue weighted by atomic mass is 16.5. The van der Waals surface area contributed by atoms with Gasteiger partial charge in [-0.15, -0.1) is 10.2 Å². The van der Waals surface area contributed by atoms with Gasteiger partial charge in [-0.1, -0.05) is 0 Å². The maximum absolute atomic E-state index is 12.2. The first-order valence-corrected chi connectivity index (χ1v) is 10.2. The van der Waals surface area contributed by atoms with Gasteiger partial charge in [0.15, 0.2) is 0 Å². The number of hydrogen-bond donors (Lipinski definition) is 3. The van der Waals surface area contributed by atoms with Gasteiger partial charge in [-0.05, 0) is 52.2 Å². The molecule has 154 valence electrons. The molecule has 2 atom stereocenters. The zero-order valence-corrected chi connectivity index (χ0v) is 17.0. The van der Waals surface area contributed by atoms with E-state index in [-0.39, 0.29) is 29.7 Å². The highest BCUT2D eigenvalue weighted by Gasteiger charge is 2.30. The van der Waals surface area contributed by atoms with E-state index >= 15 is 0 Å². The second-order valence-corrected chi connectivity index (χ2v) is 8.12. The average molecular weight is 397 g/mol. The predicted molar refractivity (Wildman–Crippen MR) is 109 cm³/mol. The van der Waals surface area contributed by atoms with Crippen LogP contribution >= 0.6 is 0 Å². The standard InChI is InChI=1S/C21H27N5O3/c1-11(2)22-20(28)13-4-5-14(10-13)24-21-23-12(3)18(25-26-21)16-6-7-17-15(19(16)27)8-9-29-17/h6-7,11,13-14,27H,4-5,8-10H2,1-3H3,(H,22,28)(H,23,24,26). The first kappa shape index (κ1) is 19.4. The van der Waals surface area contributed by atoms with Crippen LogP contribution in [0.25, 0.3) is 11.3 Å². The molecule has 29 heavy (non-hydrogen) atoms. The minimum atomic E-state index is 0.0220. The summed E-state index contributed by atoms with van der Waals surface area (Å²) in [5.74, 6) is 1.50. The molecule has 1 saturated carbocycles. The fourth-order valence-corrected chi connectivity index (χ4v) is 4.10. The summed E-state index contributed by atoms with van der Waals surface area (Å²) >= 11 is 0. The van der Waals surface area contributed by atoms with E-state index in [2.05, 4.69) is 25.8 Å². The number of phenolic OH excluding ortho intramolecular Hbond substituents is 1. The van der Waals surface area contributed by atoms with Crippen molar-refractivity contribution in [3.05, 3.63) is 23.4 Å². The number of hydrogen-bond acceptors (Lipinski definition) is 7. The van der Waals surface area contributed by atoms with Crippen molar-refractivity contribution in [1.82, 2.24) is 20.5 Å². The zero-order valence-electron chi connectivity index (χ0n) is 17.0. The Balaban J connectivity index is 1.46. The van der Waals surface area contributed by atoms with Crippen molar-refractivity contribution in [3.8, 4) is 22.8 Å². The normalized spacial score (nSPS) is 20.4. The van der Waals surface area contributed by atoms with E-state index < -0.39 is 0 Å². The van der Waals surface area contributed by atoms with E-state index in [1.165, 1.54) is 0 Å². The molecule has 3 N–H and O–H groups in total. The van der Waals surface area contributed by atoms with Crippen LogP contribution in [0.3, 0.4) is 0 Å². The minimum absolute atomic E-state index is 0.0220. The summed E-state index contributed by atoms with van der Waals surface area (Å²) in [4.78, 5) is 16.7. The van der Waals surface area contributed by atoms with Gasteiger partial charge in [-0.2, -0.15) is 0 Å². The van der Waals surface area contributed by atoms with Gasteiger partial charge in [0.2, 0.25) is 11.9 Å². The Kier molecular flexibility index (Phi) is 5.25. The molecule has 4 rings (SSSR count). The number of ether oxygens (including phenoxy) is 1. The molecule has 8 heteroatoms. The number of aromatic nitrogens is 3. The van der Waals surface area contributed by atoms with Gasteiger partial charge >= 0.3 is 0 Å². The van der Waals surface area contributed by atoms with Crippen LogP contribution in [0.5, 0.6) is 11.5 Å². The first-order valence-electron chi connectivity index (χ1n) is 10.2. The number of aryl methyl sites for hydroxylation is 1. The molecule has 1 fully saturated rings. The van der Waals surface area contributed by atoms with Crippen molar-refractivity contribution in [1.29, 1.82) is 0 Å². The second kappa shape index (κ2) is 7.85. The number of nitrogens with zero attached hydrogens (tertiary/aromatic N) is 3. The number of aromatic hydroxyl groups is 1. The van der Waals surface area contributed by atoms with Gasteiger partial charge in [0.05, 0.1) is 12.3 Å². The van der Waals surface area contributed by atoms with Gasteiger partial charge < -0.3 is 20.5 Å². The van der Waals surface area contributed by atoms with Crippen LogP contribution in [-0.4, -0.2) is 44.9 Å². The largest absolute Gasteiger partial charge is 0.507 e. The minimum Gasteiger partial charge on any atom is -0.507 e. The number of fused-ring (bicyclic) bond motifs is 1. The molecule has 2 unspecified atom stereocenters. The number of benzene rings is 1. The Labute approximate surface area is 170 Å². The molecule has 8 nitrogen and oxygen atoms in total. The molecule has 2 heterocycles. The number of nitrogens with one attached hydrogen (secondary N) is 2. The van der Waals surface area contributed by atoms with Crippen LogP contribution in [0.1, 0.15) is 44.4 Å². The maximum atomic E-state index is 12.2. The lowest BCUT2D eigenvalue weighted by molar-refractivity contribution is -0.125. The molecule has 0 radical (unpaired) electrons. The third kappa shape index (κ3) is 3.97. The number of carbonyl (C=O) groups excluding carboxylic acids is 1. The van der Waals surface area contributed by atoms with Crippen molar-refractivity contribution in [2.45, 2.75) is 58.5 Å². The van der Waals surface area contributed by atoms with Crippen LogP contribution < -0.4 is 15.4 Å². The van der Waals surface area contributed by atoms with Crippen molar-refractivity contribution in [2.75, 3.05) is 11.9 Å². The summed E-state index contributed by atoms with van der Waals surface area (Å²) in [6, 6.07) is 3.95. The lowest BCUT2D eigenvalue weighted by Crippen LogP contribution is -2.35. The molecule has 0 spiro atoms. The lowest BCUT2D eigenvalue weighted by Gasteiger charge is -2.15. The number of rotatable bonds is 5. The molecule has 2 aliphatic rings. The fourth-order valence-electron chi connectivity index (χ4n) is 4.10. The predicted octanol–water partition coefficient (Wildman–Crippen LogP) is 2.59. The Morgan fingerprint density at radius 1 is 1.28 bits per heavy atom. The van der Waals surface area contributed by atoms with Crippen LogP contribution in [0, 0.1) is 12.8 Å². The molecule has 1 aromatic carbocycles. The maximum Gasteiger partial charge on any atom is 0.243 e. The lowest BCUT2D eigenvalue weighted by atomic mass is 10.0. The van der Waals surface area contributed by atoms with Crippen molar-refractivity contribution < 1.29 is 14.6 Å². The SMILES string of the molecule is Cc1nc(NC2CCC(C(=O)NC(C)C)C2)nnc1-c1ccc2c(c1O)CCO2. The summed E-state index contributed by atoms with van der Waals surface area (Å²) in [6.07, 6.45) is 3.19. The number of anilines is 1. The Morgan fingerprint density at radius 3 is 2.86 bits per heavy atom. The molecule has 0 saturated heterocycles. The summed E-state index contributed by atoms with van der Waals surface area (Å²) in [7, 11) is 0. The van der Waals surface area contributed by atoms with Gasteiger partial charge in [-0.3, -0.25) is 4.79 Å². The first-order chi connectivity index (χ1) is 13.9. The number of phenols is 1. The van der Waals surface area contributed by atoms with E-state index in [1.807, 2.05) is 26.8 Å². The van der Waals surface area contributed by atoms with Crippen LogP contribution in [-0.2, 0) is 11.2 Å². The molecular formula is C21H27N5O3. The fraction of sp³-hybridized carbons (Fsp3) is 0.524. The second-order valence-electron chi connectivity index (χ2n) is 8.12. The Morgan fingerprint density at radius 2 is 2.10 bits per heavy atom. The third-order valence-corrected chi connectivity index (χ3v) is 5.53. The Bertz CT molecular complexity index is 931. The molecule has 2 aromatic rings. The quantitative estimate of drug-likeness (QED) is 0.711. The molecule has 1 amide bonds. The van der Waals surface area contributed by atoms with E-state index in [0.717, 1.165) is 30.6 Å². The van der Waals surface area contributed by atoms with E-state index in [4.69, 9.17) is 4.74 Å².